The van der Waals surface area contributed by atoms with Crippen molar-refractivity contribution in [2.24, 2.45) is 0 Å². The molecule has 9 heteroatoms. The highest BCUT2D eigenvalue weighted by atomic mass is 16.3. The fourth-order valence-electron chi connectivity index (χ4n) is 4.90. The van der Waals surface area contributed by atoms with Crippen molar-refractivity contribution in [2.45, 2.75) is 57.7 Å². The van der Waals surface area contributed by atoms with Gasteiger partial charge in [0.05, 0.1) is 30.0 Å². The van der Waals surface area contributed by atoms with Crippen molar-refractivity contribution in [3.05, 3.63) is 36.8 Å². The Morgan fingerprint density at radius 2 is 1.81 bits per heavy atom. The highest BCUT2D eigenvalue weighted by Gasteiger charge is 2.39. The molecule has 3 aromatic heterocycles. The number of hydrogen-bond donors (Lipinski definition) is 3. The van der Waals surface area contributed by atoms with Crippen molar-refractivity contribution in [2.75, 3.05) is 0 Å². The maximum absolute atomic E-state index is 10.6. The molecule has 0 bridgehead atoms. The van der Waals surface area contributed by atoms with E-state index in [2.05, 4.69) is 63.5 Å². The van der Waals surface area contributed by atoms with Gasteiger partial charge in [-0.15, -0.1) is 15.3 Å². The van der Waals surface area contributed by atoms with Crippen LogP contribution in [0.4, 0.5) is 0 Å². The predicted octanol–water partition coefficient (Wildman–Crippen LogP) is 3.47. The number of hydrogen-bond acceptors (Lipinski definition) is 7. The summed E-state index contributed by atoms with van der Waals surface area (Å²) in [4.78, 5) is 7.05. The number of nitrogens with zero attached hydrogens (tertiary/aromatic N) is 6. The molecule has 0 radical (unpaired) electrons. The first-order valence-electron chi connectivity index (χ1n) is 10.4. The van der Waals surface area contributed by atoms with Crippen LogP contribution < -0.4 is 5.32 Å². The van der Waals surface area contributed by atoms with Gasteiger partial charge < -0.3 is 15.4 Å². The van der Waals surface area contributed by atoms with E-state index < -0.39 is 0 Å². The smallest absolute Gasteiger partial charge is 0.201 e. The van der Waals surface area contributed by atoms with Gasteiger partial charge >= 0.3 is 0 Å². The van der Waals surface area contributed by atoms with E-state index in [0.717, 1.165) is 24.1 Å². The molecule has 160 valence electrons. The normalized spacial score (nSPS) is 18.5. The van der Waals surface area contributed by atoms with Crippen LogP contribution in [0.3, 0.4) is 0 Å². The summed E-state index contributed by atoms with van der Waals surface area (Å²) in [5, 5.41) is 31.9. The average Bonchev–Trinajstić information content (AvgIpc) is 3.35. The van der Waals surface area contributed by atoms with Crippen molar-refractivity contribution in [1.82, 2.24) is 40.5 Å². The summed E-state index contributed by atoms with van der Waals surface area (Å²) >= 11 is 0. The Hall–Kier alpha value is -3.33. The van der Waals surface area contributed by atoms with Crippen molar-refractivity contribution in [1.29, 1.82) is 0 Å². The highest BCUT2D eigenvalue weighted by molar-refractivity contribution is 5.79. The number of phenolic OH excluding ortho intramolecular Hbond substituents is 1. The van der Waals surface area contributed by atoms with Crippen LogP contribution in [-0.4, -0.2) is 51.3 Å². The largest absolute Gasteiger partial charge is 0.507 e. The van der Waals surface area contributed by atoms with Crippen LogP contribution in [0.25, 0.3) is 33.7 Å². The molecule has 9 nitrogen and oxygen atoms in total. The van der Waals surface area contributed by atoms with Gasteiger partial charge in [-0.3, -0.25) is 0 Å². The maximum atomic E-state index is 10.6. The van der Waals surface area contributed by atoms with E-state index in [-0.39, 0.29) is 22.9 Å². The summed E-state index contributed by atoms with van der Waals surface area (Å²) in [6.45, 7) is 8.83. The minimum Gasteiger partial charge on any atom is -0.507 e. The van der Waals surface area contributed by atoms with Crippen LogP contribution in [0, 0.1) is 0 Å². The van der Waals surface area contributed by atoms with E-state index in [0.29, 0.717) is 22.4 Å². The van der Waals surface area contributed by atoms with Gasteiger partial charge in [-0.1, -0.05) is 11.3 Å². The fraction of sp³-hybridized carbons (Fsp3) is 0.409. The lowest BCUT2D eigenvalue weighted by atomic mass is 9.80. The summed E-state index contributed by atoms with van der Waals surface area (Å²) in [6.07, 6.45) is 5.16. The number of nitrogens with one attached hydrogen (secondary N) is 2. The molecule has 0 atom stereocenters. The highest BCUT2D eigenvalue weighted by Crippen LogP contribution is 2.37. The number of H-pyrrole nitrogens is 1. The average molecular weight is 419 g/mol. The summed E-state index contributed by atoms with van der Waals surface area (Å²) in [5.41, 5.74) is 4.12. The van der Waals surface area contributed by atoms with E-state index in [9.17, 15) is 5.11 Å². The Morgan fingerprint density at radius 3 is 2.48 bits per heavy atom. The summed E-state index contributed by atoms with van der Waals surface area (Å²) < 4.78 is 1.90. The first kappa shape index (κ1) is 19.6. The monoisotopic (exact) mass is 418 g/mol. The molecule has 5 rings (SSSR count). The minimum atomic E-state index is -0.0136. The number of benzene rings is 1. The van der Waals surface area contributed by atoms with Gasteiger partial charge in [-0.05, 0) is 58.7 Å². The molecule has 1 aliphatic heterocycles. The molecule has 0 spiro atoms. The third kappa shape index (κ3) is 3.65. The molecule has 1 saturated heterocycles. The molecule has 4 heterocycles. The number of aromatic hydroxyl groups is 1. The molecular formula is C22H26N8O. The van der Waals surface area contributed by atoms with Crippen molar-refractivity contribution in [3.8, 4) is 28.3 Å². The zero-order chi connectivity index (χ0) is 21.8. The van der Waals surface area contributed by atoms with Crippen LogP contribution in [-0.2, 0) is 0 Å². The number of rotatable bonds is 3. The van der Waals surface area contributed by atoms with Gasteiger partial charge in [-0.2, -0.15) is 0 Å². The Labute approximate surface area is 179 Å². The SMILES string of the molecule is CC1(C)CC(n2nnc3cc(-c4ccc(-c5cnc[nH]5)cc4O)nnc32)CC(C)(C)N1. The van der Waals surface area contributed by atoms with Gasteiger partial charge in [0.15, 0.2) is 0 Å². The topological polar surface area (TPSA) is 117 Å². The summed E-state index contributed by atoms with van der Waals surface area (Å²) in [6, 6.07) is 7.42. The molecule has 4 aromatic rings. The molecule has 31 heavy (non-hydrogen) atoms. The second kappa shape index (κ2) is 6.84. The van der Waals surface area contributed by atoms with E-state index in [1.807, 2.05) is 22.9 Å². The van der Waals surface area contributed by atoms with Crippen LogP contribution >= 0.6 is 0 Å². The summed E-state index contributed by atoms with van der Waals surface area (Å²) in [7, 11) is 0. The second-order valence-electron chi connectivity index (χ2n) is 9.62. The zero-order valence-corrected chi connectivity index (χ0v) is 18.1. The number of imidazole rings is 1. The van der Waals surface area contributed by atoms with E-state index in [4.69, 9.17) is 0 Å². The molecule has 0 unspecified atom stereocenters. The lowest BCUT2D eigenvalue weighted by Crippen LogP contribution is -2.58. The molecule has 3 N–H and O–H groups in total. The van der Waals surface area contributed by atoms with Crippen molar-refractivity contribution in [3.63, 3.8) is 0 Å². The number of fused-ring (bicyclic) bond motifs is 1. The van der Waals surface area contributed by atoms with Crippen LogP contribution in [0.15, 0.2) is 36.8 Å². The third-order valence-corrected chi connectivity index (χ3v) is 5.82. The lowest BCUT2D eigenvalue weighted by Gasteiger charge is -2.46. The third-order valence-electron chi connectivity index (χ3n) is 5.82. The molecule has 0 saturated carbocycles. The second-order valence-corrected chi connectivity index (χ2v) is 9.62. The molecule has 1 fully saturated rings. The van der Waals surface area contributed by atoms with E-state index in [1.165, 1.54) is 0 Å². The van der Waals surface area contributed by atoms with E-state index in [1.54, 1.807) is 18.6 Å². The Morgan fingerprint density at radius 1 is 1.03 bits per heavy atom. The quantitative estimate of drug-likeness (QED) is 0.466. The predicted molar refractivity (Wildman–Crippen MR) is 117 cm³/mol. The maximum Gasteiger partial charge on any atom is 0.201 e. The molecular weight excluding hydrogens is 392 g/mol. The number of phenols is 1. The zero-order valence-electron chi connectivity index (χ0n) is 18.1. The van der Waals surface area contributed by atoms with Crippen LogP contribution in [0.5, 0.6) is 5.75 Å². The van der Waals surface area contributed by atoms with Gasteiger partial charge in [0.2, 0.25) is 5.65 Å². The van der Waals surface area contributed by atoms with Crippen LogP contribution in [0.2, 0.25) is 0 Å². The minimum absolute atomic E-state index is 0.0136. The number of piperidine rings is 1. The van der Waals surface area contributed by atoms with Crippen molar-refractivity contribution < 1.29 is 5.11 Å². The number of aromatic amines is 1. The van der Waals surface area contributed by atoms with Gasteiger partial charge in [0, 0.05) is 22.2 Å². The lowest BCUT2D eigenvalue weighted by molar-refractivity contribution is 0.127. The standard InChI is InChI=1S/C22H26N8O/c1-21(2)9-14(10-22(3,4)28-21)30-20-17(26-29-30)8-16(25-27-20)15-6-5-13(7-19(15)31)18-11-23-12-24-18/h5-8,11-12,14,28,31H,9-10H2,1-4H3,(H,23,24). The molecule has 0 aliphatic carbocycles. The van der Waals surface area contributed by atoms with Crippen LogP contribution in [0.1, 0.15) is 46.6 Å². The molecule has 0 amide bonds. The molecule has 1 aliphatic rings. The first-order chi connectivity index (χ1) is 14.7. The fourth-order valence-corrected chi connectivity index (χ4v) is 4.90. The Kier molecular flexibility index (Phi) is 4.33. The van der Waals surface area contributed by atoms with Gasteiger partial charge in [-0.25, -0.2) is 9.67 Å². The van der Waals surface area contributed by atoms with Gasteiger partial charge in [0.25, 0.3) is 0 Å². The van der Waals surface area contributed by atoms with Gasteiger partial charge in [0.1, 0.15) is 11.3 Å². The first-order valence-corrected chi connectivity index (χ1v) is 10.4. The van der Waals surface area contributed by atoms with Crippen molar-refractivity contribution >= 4 is 11.2 Å². The summed E-state index contributed by atoms with van der Waals surface area (Å²) in [5.74, 6) is 0.120. The van der Waals surface area contributed by atoms with E-state index >= 15 is 0 Å². The molecule has 1 aromatic carbocycles. The number of aromatic nitrogens is 7. The Bertz CT molecular complexity index is 1230. The Balaban J connectivity index is 1.49.